The van der Waals surface area contributed by atoms with Gasteiger partial charge in [-0.3, -0.25) is 4.79 Å². The lowest BCUT2D eigenvalue weighted by atomic mass is 9.78. The zero-order valence-electron chi connectivity index (χ0n) is 11.3. The molecule has 3 atom stereocenters. The van der Waals surface area contributed by atoms with Crippen LogP contribution in [-0.2, 0) is 0 Å². The van der Waals surface area contributed by atoms with Gasteiger partial charge in [-0.2, -0.15) is 0 Å². The average Bonchev–Trinajstić information content (AvgIpc) is 2.86. The molecule has 0 aromatic heterocycles. The minimum Gasteiger partial charge on any atom is -0.507 e. The van der Waals surface area contributed by atoms with Gasteiger partial charge in [0.1, 0.15) is 5.75 Å². The van der Waals surface area contributed by atoms with Gasteiger partial charge < -0.3 is 15.7 Å². The van der Waals surface area contributed by atoms with Gasteiger partial charge in [0, 0.05) is 24.7 Å². The molecule has 1 aromatic carbocycles. The van der Waals surface area contributed by atoms with Gasteiger partial charge in [0.2, 0.25) is 0 Å². The van der Waals surface area contributed by atoms with Crippen LogP contribution in [0.3, 0.4) is 0 Å². The van der Waals surface area contributed by atoms with E-state index in [0.717, 1.165) is 19.5 Å². The van der Waals surface area contributed by atoms with Crippen molar-refractivity contribution in [1.82, 2.24) is 4.90 Å². The maximum absolute atomic E-state index is 12.5. The van der Waals surface area contributed by atoms with Gasteiger partial charge in [0.25, 0.3) is 5.91 Å². The predicted molar refractivity (Wildman–Crippen MR) is 80.5 cm³/mol. The Balaban J connectivity index is 1.76. The van der Waals surface area contributed by atoms with E-state index in [0.29, 0.717) is 21.9 Å². The van der Waals surface area contributed by atoms with Crippen LogP contribution in [0.2, 0.25) is 0 Å². The Morgan fingerprint density at radius 1 is 1.35 bits per heavy atom. The molecule has 3 unspecified atom stereocenters. The number of nitrogens with two attached hydrogens (primary N) is 1. The molecule has 1 aliphatic carbocycles. The molecule has 20 heavy (non-hydrogen) atoms. The summed E-state index contributed by atoms with van der Waals surface area (Å²) in [5, 5.41) is 9.70. The number of phenols is 1. The first-order valence-corrected chi connectivity index (χ1v) is 7.89. The van der Waals surface area contributed by atoms with Gasteiger partial charge in [-0.25, -0.2) is 0 Å². The molecule has 1 saturated heterocycles. The number of carbonyl (C=O) groups is 1. The van der Waals surface area contributed by atoms with Crippen molar-refractivity contribution in [3.63, 3.8) is 0 Å². The quantitative estimate of drug-likeness (QED) is 0.825. The smallest absolute Gasteiger partial charge is 0.254 e. The molecule has 1 saturated carbocycles. The Morgan fingerprint density at radius 3 is 2.85 bits per heavy atom. The first kappa shape index (κ1) is 13.9. The standard InChI is InChI=1S/C15H19BrN2O2/c16-12-5-4-9(6-14(12)19)15(20)18-7-10-2-1-3-13(17)11(10)8-18/h4-6,10-11,13,19H,1-3,7-8,17H2. The van der Waals surface area contributed by atoms with E-state index in [4.69, 9.17) is 5.73 Å². The molecule has 2 fully saturated rings. The fourth-order valence-corrected chi connectivity index (χ4v) is 3.76. The van der Waals surface area contributed by atoms with Gasteiger partial charge in [-0.1, -0.05) is 6.42 Å². The molecule has 1 aromatic rings. The van der Waals surface area contributed by atoms with Gasteiger partial charge in [0.15, 0.2) is 0 Å². The number of nitrogens with zero attached hydrogens (tertiary/aromatic N) is 1. The van der Waals surface area contributed by atoms with Crippen molar-refractivity contribution in [3.8, 4) is 5.75 Å². The Kier molecular flexibility index (Phi) is 3.73. The van der Waals surface area contributed by atoms with E-state index in [-0.39, 0.29) is 17.7 Å². The summed E-state index contributed by atoms with van der Waals surface area (Å²) in [6.07, 6.45) is 3.42. The molecular formula is C15H19BrN2O2. The molecule has 1 aliphatic heterocycles. The summed E-state index contributed by atoms with van der Waals surface area (Å²) in [6, 6.07) is 5.20. The minimum absolute atomic E-state index is 0.00519. The van der Waals surface area contributed by atoms with Crippen LogP contribution >= 0.6 is 15.9 Å². The van der Waals surface area contributed by atoms with Crippen molar-refractivity contribution in [3.05, 3.63) is 28.2 Å². The van der Waals surface area contributed by atoms with E-state index in [9.17, 15) is 9.90 Å². The monoisotopic (exact) mass is 338 g/mol. The summed E-state index contributed by atoms with van der Waals surface area (Å²) in [7, 11) is 0. The molecule has 3 rings (SSSR count). The molecule has 0 radical (unpaired) electrons. The fourth-order valence-electron chi connectivity index (χ4n) is 3.51. The number of phenolic OH excluding ortho intramolecular Hbond substituents is 1. The third-order valence-corrected chi connectivity index (χ3v) is 5.30. The highest BCUT2D eigenvalue weighted by Crippen LogP contribution is 2.36. The van der Waals surface area contributed by atoms with Crippen molar-refractivity contribution in [2.75, 3.05) is 13.1 Å². The molecule has 108 valence electrons. The van der Waals surface area contributed by atoms with Crippen molar-refractivity contribution < 1.29 is 9.90 Å². The van der Waals surface area contributed by atoms with Crippen molar-refractivity contribution in [1.29, 1.82) is 0 Å². The molecule has 1 amide bonds. The van der Waals surface area contributed by atoms with Gasteiger partial charge in [-0.15, -0.1) is 0 Å². The second-order valence-electron chi connectivity index (χ2n) is 5.90. The Morgan fingerprint density at radius 2 is 2.15 bits per heavy atom. The third-order valence-electron chi connectivity index (χ3n) is 4.63. The van der Waals surface area contributed by atoms with E-state index in [2.05, 4.69) is 15.9 Å². The number of fused-ring (bicyclic) bond motifs is 1. The van der Waals surface area contributed by atoms with Crippen LogP contribution in [0, 0.1) is 11.8 Å². The highest BCUT2D eigenvalue weighted by Gasteiger charge is 2.40. The number of amides is 1. The van der Waals surface area contributed by atoms with Crippen molar-refractivity contribution in [2.45, 2.75) is 25.3 Å². The number of rotatable bonds is 1. The number of hydrogen-bond donors (Lipinski definition) is 2. The summed E-state index contributed by atoms with van der Waals surface area (Å²) < 4.78 is 0.603. The summed E-state index contributed by atoms with van der Waals surface area (Å²) in [6.45, 7) is 1.55. The SMILES string of the molecule is NC1CCCC2CN(C(=O)c3ccc(Br)c(O)c3)CC12. The maximum Gasteiger partial charge on any atom is 0.254 e. The Labute approximate surface area is 127 Å². The van der Waals surface area contributed by atoms with Crippen LogP contribution in [0.5, 0.6) is 5.75 Å². The van der Waals surface area contributed by atoms with Gasteiger partial charge >= 0.3 is 0 Å². The minimum atomic E-state index is -0.00519. The van der Waals surface area contributed by atoms with Crippen molar-refractivity contribution in [2.24, 2.45) is 17.6 Å². The Bertz CT molecular complexity index is 535. The number of hydrogen-bond acceptors (Lipinski definition) is 3. The lowest BCUT2D eigenvalue weighted by molar-refractivity contribution is 0.0783. The normalized spacial score (nSPS) is 29.3. The molecule has 1 heterocycles. The largest absolute Gasteiger partial charge is 0.507 e. The molecule has 5 heteroatoms. The fraction of sp³-hybridized carbons (Fsp3) is 0.533. The maximum atomic E-state index is 12.5. The van der Waals surface area contributed by atoms with E-state index >= 15 is 0 Å². The van der Waals surface area contributed by atoms with Crippen LogP contribution in [-0.4, -0.2) is 35.0 Å². The van der Waals surface area contributed by atoms with Gasteiger partial charge in [-0.05, 0) is 58.8 Å². The van der Waals surface area contributed by atoms with Crippen LogP contribution in [0.25, 0.3) is 0 Å². The first-order chi connectivity index (χ1) is 9.56. The van der Waals surface area contributed by atoms with E-state index in [1.807, 2.05) is 4.90 Å². The molecular weight excluding hydrogens is 320 g/mol. The van der Waals surface area contributed by atoms with E-state index in [1.165, 1.54) is 18.9 Å². The second kappa shape index (κ2) is 5.37. The first-order valence-electron chi connectivity index (χ1n) is 7.09. The second-order valence-corrected chi connectivity index (χ2v) is 6.75. The number of likely N-dealkylation sites (tertiary alicyclic amines) is 1. The lowest BCUT2D eigenvalue weighted by Gasteiger charge is -2.29. The average molecular weight is 339 g/mol. The summed E-state index contributed by atoms with van der Waals surface area (Å²) >= 11 is 3.23. The van der Waals surface area contributed by atoms with Crippen LogP contribution < -0.4 is 5.73 Å². The van der Waals surface area contributed by atoms with Gasteiger partial charge in [0.05, 0.1) is 4.47 Å². The van der Waals surface area contributed by atoms with Crippen LogP contribution in [0.1, 0.15) is 29.6 Å². The predicted octanol–water partition coefficient (Wildman–Crippen LogP) is 2.35. The highest BCUT2D eigenvalue weighted by molar-refractivity contribution is 9.10. The van der Waals surface area contributed by atoms with Crippen molar-refractivity contribution >= 4 is 21.8 Å². The molecule has 0 bridgehead atoms. The molecule has 3 N–H and O–H groups in total. The molecule has 0 spiro atoms. The van der Waals surface area contributed by atoms with E-state index in [1.54, 1.807) is 12.1 Å². The summed E-state index contributed by atoms with van der Waals surface area (Å²) in [5.74, 6) is 1.09. The number of aromatic hydroxyl groups is 1. The number of carbonyl (C=O) groups excluding carboxylic acids is 1. The molecule has 2 aliphatic rings. The highest BCUT2D eigenvalue weighted by atomic mass is 79.9. The van der Waals surface area contributed by atoms with Crippen LogP contribution in [0.15, 0.2) is 22.7 Å². The topological polar surface area (TPSA) is 66.6 Å². The number of benzene rings is 1. The summed E-state index contributed by atoms with van der Waals surface area (Å²) in [5.41, 5.74) is 6.72. The zero-order chi connectivity index (χ0) is 14.3. The van der Waals surface area contributed by atoms with Crippen LogP contribution in [0.4, 0.5) is 0 Å². The third kappa shape index (κ3) is 2.44. The zero-order valence-corrected chi connectivity index (χ0v) is 12.8. The number of halogens is 1. The Hall–Kier alpha value is -1.07. The van der Waals surface area contributed by atoms with E-state index < -0.39 is 0 Å². The molecule has 4 nitrogen and oxygen atoms in total. The lowest BCUT2D eigenvalue weighted by Crippen LogP contribution is -2.38. The summed E-state index contributed by atoms with van der Waals surface area (Å²) in [4.78, 5) is 14.4.